The number of nitrogens with zero attached hydrogens (tertiary/aromatic N) is 5. The van der Waals surface area contributed by atoms with Crippen LogP contribution in [0.25, 0.3) is 11.5 Å². The van der Waals surface area contributed by atoms with E-state index in [0.717, 1.165) is 46.1 Å². The quantitative estimate of drug-likeness (QED) is 0.432. The Morgan fingerprint density at radius 3 is 2.47 bits per heavy atom. The number of anilines is 3. The molecular formula is C26H27FN6O. The van der Waals surface area contributed by atoms with E-state index in [1.165, 1.54) is 12.1 Å². The van der Waals surface area contributed by atoms with Gasteiger partial charge in [-0.3, -0.25) is 0 Å². The molecule has 1 aliphatic rings. The number of halogens is 1. The summed E-state index contributed by atoms with van der Waals surface area (Å²) in [5.41, 5.74) is 4.87. The number of hydrogen-bond donors (Lipinski definition) is 1. The predicted molar refractivity (Wildman–Crippen MR) is 130 cm³/mol. The molecule has 2 aromatic heterocycles. The highest BCUT2D eigenvalue weighted by molar-refractivity contribution is 5.74. The van der Waals surface area contributed by atoms with Crippen LogP contribution in [0.5, 0.6) is 0 Å². The van der Waals surface area contributed by atoms with E-state index in [-0.39, 0.29) is 11.2 Å². The van der Waals surface area contributed by atoms with Crippen LogP contribution in [0.4, 0.5) is 21.7 Å². The first-order valence-electron chi connectivity index (χ1n) is 11.3. The Morgan fingerprint density at radius 2 is 1.82 bits per heavy atom. The highest BCUT2D eigenvalue weighted by atomic mass is 19.1. The molecule has 0 fully saturated rings. The van der Waals surface area contributed by atoms with Crippen LogP contribution >= 0.6 is 0 Å². The van der Waals surface area contributed by atoms with Gasteiger partial charge in [-0.1, -0.05) is 26.0 Å². The number of nitrogens with one attached hydrogen (secondary N) is 1. The van der Waals surface area contributed by atoms with Gasteiger partial charge in [-0.2, -0.15) is 0 Å². The van der Waals surface area contributed by atoms with Crippen molar-refractivity contribution in [2.75, 3.05) is 23.8 Å². The maximum Gasteiger partial charge on any atom is 0.247 e. The van der Waals surface area contributed by atoms with E-state index in [1.807, 2.05) is 26.1 Å². The molecule has 3 heterocycles. The van der Waals surface area contributed by atoms with E-state index in [4.69, 9.17) is 14.4 Å². The van der Waals surface area contributed by atoms with Gasteiger partial charge in [-0.25, -0.2) is 14.4 Å². The summed E-state index contributed by atoms with van der Waals surface area (Å²) in [6.45, 7) is 8.90. The van der Waals surface area contributed by atoms with Gasteiger partial charge >= 0.3 is 0 Å². The van der Waals surface area contributed by atoms with Gasteiger partial charge in [0, 0.05) is 49.2 Å². The van der Waals surface area contributed by atoms with Crippen LogP contribution in [-0.2, 0) is 11.8 Å². The first-order chi connectivity index (χ1) is 16.2. The molecule has 7 nitrogen and oxygen atoms in total. The summed E-state index contributed by atoms with van der Waals surface area (Å²) in [7, 11) is 1.88. The van der Waals surface area contributed by atoms with Crippen LogP contribution < -0.4 is 10.2 Å². The average molecular weight is 459 g/mol. The Hall–Kier alpha value is -3.81. The third kappa shape index (κ3) is 3.89. The van der Waals surface area contributed by atoms with Crippen LogP contribution in [0.1, 0.15) is 42.3 Å². The predicted octanol–water partition coefficient (Wildman–Crippen LogP) is 5.34. The summed E-state index contributed by atoms with van der Waals surface area (Å²) < 4.78 is 19.1. The molecule has 0 saturated carbocycles. The Kier molecular flexibility index (Phi) is 5.31. The lowest BCUT2D eigenvalue weighted by Crippen LogP contribution is -2.25. The largest absolute Gasteiger partial charge is 0.421 e. The number of aromatic nitrogens is 4. The summed E-state index contributed by atoms with van der Waals surface area (Å²) in [6.07, 6.45) is 0.573. The Balaban J connectivity index is 1.52. The third-order valence-electron chi connectivity index (χ3n) is 6.21. The summed E-state index contributed by atoms with van der Waals surface area (Å²) in [4.78, 5) is 12.0. The molecule has 1 N–H and O–H groups in total. The van der Waals surface area contributed by atoms with Crippen LogP contribution in [0.3, 0.4) is 0 Å². The minimum Gasteiger partial charge on any atom is -0.421 e. The molecule has 1 aliphatic heterocycles. The van der Waals surface area contributed by atoms with Crippen molar-refractivity contribution in [3.05, 3.63) is 76.7 Å². The zero-order valence-electron chi connectivity index (χ0n) is 20.0. The SMILES string of the molecule is CNc1nc(Cc2ccc(-c3nnc(C)o3)c(C)c2)nc2c1C(C)(C)CN2c1ccc(F)cc1. The van der Waals surface area contributed by atoms with Crippen LogP contribution in [0.2, 0.25) is 0 Å². The smallest absolute Gasteiger partial charge is 0.247 e. The molecule has 0 unspecified atom stereocenters. The number of rotatable bonds is 5. The van der Waals surface area contributed by atoms with Crippen LogP contribution in [-0.4, -0.2) is 33.8 Å². The topological polar surface area (TPSA) is 80.0 Å². The lowest BCUT2D eigenvalue weighted by molar-refractivity contribution is 0.532. The van der Waals surface area contributed by atoms with Crippen LogP contribution in [0.15, 0.2) is 46.9 Å². The van der Waals surface area contributed by atoms with Crippen LogP contribution in [0, 0.1) is 19.7 Å². The van der Waals surface area contributed by atoms with E-state index >= 15 is 0 Å². The van der Waals surface area contributed by atoms with E-state index in [1.54, 1.807) is 19.1 Å². The van der Waals surface area contributed by atoms with Gasteiger partial charge in [0.25, 0.3) is 0 Å². The fourth-order valence-electron chi connectivity index (χ4n) is 4.62. The lowest BCUT2D eigenvalue weighted by Gasteiger charge is -2.21. The van der Waals surface area contributed by atoms with Gasteiger partial charge in [0.15, 0.2) is 0 Å². The molecule has 34 heavy (non-hydrogen) atoms. The minimum atomic E-state index is -0.253. The molecule has 8 heteroatoms. The molecule has 2 aromatic carbocycles. The monoisotopic (exact) mass is 458 g/mol. The van der Waals surface area contributed by atoms with E-state index in [2.05, 4.69) is 40.3 Å². The van der Waals surface area contributed by atoms with E-state index in [0.29, 0.717) is 24.0 Å². The van der Waals surface area contributed by atoms with E-state index < -0.39 is 0 Å². The molecule has 0 radical (unpaired) electrons. The van der Waals surface area contributed by atoms with Gasteiger partial charge < -0.3 is 14.6 Å². The molecule has 0 bridgehead atoms. The Bertz CT molecular complexity index is 1360. The lowest BCUT2D eigenvalue weighted by atomic mass is 9.88. The third-order valence-corrected chi connectivity index (χ3v) is 6.21. The molecule has 0 atom stereocenters. The van der Waals surface area contributed by atoms with E-state index in [9.17, 15) is 4.39 Å². The molecule has 4 aromatic rings. The standard InChI is InChI=1S/C26H27FN6O/c1-15-12-17(6-11-20(15)25-32-31-16(2)34-25)13-21-29-23(28-5)22-24(30-21)33(14-26(22,3)4)19-9-7-18(27)8-10-19/h6-12H,13-14H2,1-5H3,(H,28,29,30). The van der Waals surface area contributed by atoms with Crippen molar-refractivity contribution in [1.29, 1.82) is 0 Å². The molecule has 0 amide bonds. The first-order valence-corrected chi connectivity index (χ1v) is 11.3. The second-order valence-electron chi connectivity index (χ2n) is 9.34. The maximum atomic E-state index is 13.5. The number of fused-ring (bicyclic) bond motifs is 1. The molecule has 0 saturated heterocycles. The van der Waals surface area contributed by atoms with Crippen molar-refractivity contribution in [3.63, 3.8) is 0 Å². The normalized spacial score (nSPS) is 14.4. The number of benzene rings is 2. The van der Waals surface area contributed by atoms with Crippen molar-refractivity contribution < 1.29 is 8.81 Å². The van der Waals surface area contributed by atoms with Crippen molar-refractivity contribution in [1.82, 2.24) is 20.2 Å². The minimum absolute atomic E-state index is 0.166. The van der Waals surface area contributed by atoms with Gasteiger partial charge in [-0.15, -0.1) is 10.2 Å². The molecule has 0 spiro atoms. The maximum absolute atomic E-state index is 13.5. The van der Waals surface area contributed by atoms with Gasteiger partial charge in [0.2, 0.25) is 11.8 Å². The second-order valence-corrected chi connectivity index (χ2v) is 9.34. The Labute approximate surface area is 198 Å². The highest BCUT2D eigenvalue weighted by Gasteiger charge is 2.40. The zero-order chi connectivity index (χ0) is 24.0. The average Bonchev–Trinajstić information content (AvgIpc) is 3.34. The molecular weight excluding hydrogens is 431 g/mol. The van der Waals surface area contributed by atoms with Crippen molar-refractivity contribution in [3.8, 4) is 11.5 Å². The molecule has 5 rings (SSSR count). The van der Waals surface area contributed by atoms with Gasteiger partial charge in [-0.05, 0) is 48.4 Å². The van der Waals surface area contributed by atoms with Gasteiger partial charge in [0.1, 0.15) is 23.3 Å². The second kappa shape index (κ2) is 8.20. The summed E-state index contributed by atoms with van der Waals surface area (Å²) in [6, 6.07) is 12.7. The van der Waals surface area contributed by atoms with Crippen molar-refractivity contribution >= 4 is 17.3 Å². The Morgan fingerprint density at radius 1 is 1.06 bits per heavy atom. The fraction of sp³-hybridized carbons (Fsp3) is 0.308. The first kappa shape index (κ1) is 22.0. The zero-order valence-corrected chi connectivity index (χ0v) is 20.0. The highest BCUT2D eigenvalue weighted by Crippen LogP contribution is 2.46. The van der Waals surface area contributed by atoms with Crippen molar-refractivity contribution in [2.45, 2.75) is 39.5 Å². The number of aryl methyl sites for hydroxylation is 2. The summed E-state index contributed by atoms with van der Waals surface area (Å²) in [5, 5.41) is 11.3. The van der Waals surface area contributed by atoms with Crippen molar-refractivity contribution in [2.24, 2.45) is 0 Å². The summed E-state index contributed by atoms with van der Waals surface area (Å²) in [5.74, 6) is 3.21. The summed E-state index contributed by atoms with van der Waals surface area (Å²) >= 11 is 0. The molecule has 0 aliphatic carbocycles. The number of hydrogen-bond acceptors (Lipinski definition) is 7. The fourth-order valence-corrected chi connectivity index (χ4v) is 4.62. The van der Waals surface area contributed by atoms with Gasteiger partial charge in [0.05, 0.1) is 0 Å². The molecule has 174 valence electrons.